The maximum Gasteiger partial charge on any atom is 0.191 e. The van der Waals surface area contributed by atoms with E-state index < -0.39 is 0 Å². The highest BCUT2D eigenvalue weighted by atomic mass is 32.2. The zero-order valence-corrected chi connectivity index (χ0v) is 13.4. The molecule has 0 fully saturated rings. The second kappa shape index (κ2) is 9.02. The number of rotatable bonds is 9. The van der Waals surface area contributed by atoms with Crippen LogP contribution in [0.1, 0.15) is 39.5 Å². The number of thioether (sulfide) groups is 1. The van der Waals surface area contributed by atoms with Crippen LogP contribution >= 0.6 is 11.8 Å². The number of aromatic nitrogens is 2. The summed E-state index contributed by atoms with van der Waals surface area (Å²) in [5.41, 5.74) is 0. The molecule has 0 amide bonds. The van der Waals surface area contributed by atoms with Crippen LogP contribution in [0.2, 0.25) is 0 Å². The van der Waals surface area contributed by atoms with Crippen molar-refractivity contribution in [1.29, 1.82) is 0 Å². The Balaban J connectivity index is 2.74. The average molecular weight is 282 g/mol. The molecule has 0 radical (unpaired) electrons. The van der Waals surface area contributed by atoms with E-state index in [4.69, 9.17) is 0 Å². The first-order chi connectivity index (χ1) is 9.21. The van der Waals surface area contributed by atoms with Gasteiger partial charge in [-0.15, -0.1) is 0 Å². The lowest BCUT2D eigenvalue weighted by molar-refractivity contribution is 0.698. The van der Waals surface area contributed by atoms with Crippen LogP contribution in [0.4, 0.5) is 11.6 Å². The van der Waals surface area contributed by atoms with Gasteiger partial charge in [-0.25, -0.2) is 9.97 Å². The van der Waals surface area contributed by atoms with E-state index in [1.54, 1.807) is 11.8 Å². The largest absolute Gasteiger partial charge is 0.370 e. The summed E-state index contributed by atoms with van der Waals surface area (Å²) >= 11 is 1.59. The van der Waals surface area contributed by atoms with Crippen molar-refractivity contribution in [3.05, 3.63) is 6.07 Å². The van der Waals surface area contributed by atoms with Gasteiger partial charge in [-0.05, 0) is 19.1 Å². The van der Waals surface area contributed by atoms with Gasteiger partial charge in [0.1, 0.15) is 11.6 Å². The molecule has 0 atom stereocenters. The number of hydrogen-bond donors (Lipinski definition) is 1. The molecule has 5 heteroatoms. The molecule has 1 aromatic heterocycles. The molecule has 0 bridgehead atoms. The average Bonchev–Trinajstić information content (AvgIpc) is 2.44. The number of hydrogen-bond acceptors (Lipinski definition) is 5. The SMILES string of the molecule is CCCCCN(C)c1cc(NCCC)nc(SC)n1. The summed E-state index contributed by atoms with van der Waals surface area (Å²) in [7, 11) is 2.10. The molecule has 0 aliphatic rings. The molecular formula is C14H26N4S. The van der Waals surface area contributed by atoms with Gasteiger partial charge >= 0.3 is 0 Å². The summed E-state index contributed by atoms with van der Waals surface area (Å²) in [4.78, 5) is 11.3. The highest BCUT2D eigenvalue weighted by Gasteiger charge is 2.07. The molecule has 0 unspecified atom stereocenters. The molecule has 4 nitrogen and oxygen atoms in total. The van der Waals surface area contributed by atoms with E-state index in [1.165, 1.54) is 19.3 Å². The Labute approximate surface area is 121 Å². The van der Waals surface area contributed by atoms with Crippen molar-refractivity contribution in [2.75, 3.05) is 36.6 Å². The lowest BCUT2D eigenvalue weighted by Crippen LogP contribution is -2.20. The predicted molar refractivity (Wildman–Crippen MR) is 85.4 cm³/mol. The summed E-state index contributed by atoms with van der Waals surface area (Å²) in [6.45, 7) is 6.38. The van der Waals surface area contributed by atoms with Crippen molar-refractivity contribution in [3.8, 4) is 0 Å². The van der Waals surface area contributed by atoms with Crippen molar-refractivity contribution in [3.63, 3.8) is 0 Å². The lowest BCUT2D eigenvalue weighted by atomic mass is 10.2. The fraction of sp³-hybridized carbons (Fsp3) is 0.714. The maximum atomic E-state index is 4.58. The number of nitrogens with zero attached hydrogens (tertiary/aromatic N) is 3. The zero-order valence-electron chi connectivity index (χ0n) is 12.6. The molecule has 0 aliphatic heterocycles. The summed E-state index contributed by atoms with van der Waals surface area (Å²) in [5, 5.41) is 4.17. The quantitative estimate of drug-likeness (QED) is 0.425. The number of nitrogens with one attached hydrogen (secondary N) is 1. The minimum atomic E-state index is 0.832. The van der Waals surface area contributed by atoms with E-state index in [1.807, 2.05) is 12.3 Å². The van der Waals surface area contributed by atoms with E-state index in [0.29, 0.717) is 0 Å². The summed E-state index contributed by atoms with van der Waals surface area (Å²) in [6, 6.07) is 2.04. The molecular weight excluding hydrogens is 256 g/mol. The summed E-state index contributed by atoms with van der Waals surface area (Å²) in [6.07, 6.45) is 6.84. The summed E-state index contributed by atoms with van der Waals surface area (Å²) < 4.78 is 0. The fourth-order valence-electron chi connectivity index (χ4n) is 1.76. The van der Waals surface area contributed by atoms with Gasteiger partial charge in [-0.1, -0.05) is 38.5 Å². The van der Waals surface area contributed by atoms with Crippen LogP contribution in [-0.2, 0) is 0 Å². The first-order valence-corrected chi connectivity index (χ1v) is 8.31. The van der Waals surface area contributed by atoms with Gasteiger partial charge in [-0.3, -0.25) is 0 Å². The van der Waals surface area contributed by atoms with Crippen molar-refractivity contribution < 1.29 is 0 Å². The number of unbranched alkanes of at least 4 members (excludes halogenated alkanes) is 2. The third kappa shape index (κ3) is 5.68. The normalized spacial score (nSPS) is 10.5. The van der Waals surface area contributed by atoms with Gasteiger partial charge in [0.25, 0.3) is 0 Å². The Morgan fingerprint density at radius 2 is 2.00 bits per heavy atom. The Bertz CT molecular complexity index is 370. The van der Waals surface area contributed by atoms with Crippen LogP contribution < -0.4 is 10.2 Å². The molecule has 19 heavy (non-hydrogen) atoms. The van der Waals surface area contributed by atoms with Gasteiger partial charge in [0.2, 0.25) is 0 Å². The first kappa shape index (κ1) is 16.1. The van der Waals surface area contributed by atoms with Crippen molar-refractivity contribution in [2.24, 2.45) is 0 Å². The van der Waals surface area contributed by atoms with Gasteiger partial charge in [0.05, 0.1) is 0 Å². The van der Waals surface area contributed by atoms with Crippen molar-refractivity contribution >= 4 is 23.4 Å². The topological polar surface area (TPSA) is 41.0 Å². The Morgan fingerprint density at radius 3 is 2.63 bits per heavy atom. The monoisotopic (exact) mass is 282 g/mol. The van der Waals surface area contributed by atoms with E-state index >= 15 is 0 Å². The van der Waals surface area contributed by atoms with Crippen LogP contribution in [0, 0.1) is 0 Å². The number of anilines is 2. The molecule has 0 aliphatic carbocycles. The second-order valence-electron chi connectivity index (χ2n) is 4.65. The Morgan fingerprint density at radius 1 is 1.21 bits per heavy atom. The molecule has 1 heterocycles. The molecule has 1 rings (SSSR count). The minimum Gasteiger partial charge on any atom is -0.370 e. The molecule has 0 spiro atoms. The third-order valence-electron chi connectivity index (χ3n) is 2.92. The van der Waals surface area contributed by atoms with Crippen LogP contribution in [0.5, 0.6) is 0 Å². The van der Waals surface area contributed by atoms with Gasteiger partial charge in [-0.2, -0.15) is 0 Å². The van der Waals surface area contributed by atoms with Gasteiger partial charge in [0, 0.05) is 26.2 Å². The van der Waals surface area contributed by atoms with Gasteiger partial charge in [0.15, 0.2) is 5.16 Å². The van der Waals surface area contributed by atoms with E-state index in [9.17, 15) is 0 Å². The Hall–Kier alpha value is -0.970. The molecule has 0 aromatic carbocycles. The lowest BCUT2D eigenvalue weighted by Gasteiger charge is -2.19. The highest BCUT2D eigenvalue weighted by molar-refractivity contribution is 7.98. The summed E-state index contributed by atoms with van der Waals surface area (Å²) in [5.74, 6) is 1.94. The van der Waals surface area contributed by atoms with Crippen molar-refractivity contribution in [1.82, 2.24) is 9.97 Å². The first-order valence-electron chi connectivity index (χ1n) is 7.09. The van der Waals surface area contributed by atoms with Crippen LogP contribution in [0.25, 0.3) is 0 Å². The van der Waals surface area contributed by atoms with E-state index in [0.717, 1.165) is 36.3 Å². The van der Waals surface area contributed by atoms with Crippen molar-refractivity contribution in [2.45, 2.75) is 44.7 Å². The van der Waals surface area contributed by atoms with Crippen LogP contribution in [0.15, 0.2) is 11.2 Å². The molecule has 0 saturated carbocycles. The maximum absolute atomic E-state index is 4.58. The third-order valence-corrected chi connectivity index (χ3v) is 3.47. The van der Waals surface area contributed by atoms with Crippen LogP contribution in [0.3, 0.4) is 0 Å². The Kier molecular flexibility index (Phi) is 7.63. The second-order valence-corrected chi connectivity index (χ2v) is 5.43. The van der Waals surface area contributed by atoms with Crippen LogP contribution in [-0.4, -0.2) is 36.4 Å². The van der Waals surface area contributed by atoms with E-state index in [2.05, 4.69) is 41.1 Å². The molecule has 1 aromatic rings. The van der Waals surface area contributed by atoms with Gasteiger partial charge < -0.3 is 10.2 Å². The molecule has 108 valence electrons. The molecule has 0 saturated heterocycles. The van der Waals surface area contributed by atoms with E-state index in [-0.39, 0.29) is 0 Å². The predicted octanol–water partition coefficient (Wildman–Crippen LogP) is 3.65. The smallest absolute Gasteiger partial charge is 0.191 e. The highest BCUT2D eigenvalue weighted by Crippen LogP contribution is 2.20. The minimum absolute atomic E-state index is 0.832. The zero-order chi connectivity index (χ0) is 14.1. The standard InChI is InChI=1S/C14H26N4S/c1-5-7-8-10-18(3)13-11-12(15-9-6-2)16-14(17-13)19-4/h11H,5-10H2,1-4H3,(H,15,16,17). The fourth-order valence-corrected chi connectivity index (χ4v) is 2.13. The molecule has 1 N–H and O–H groups in total.